The van der Waals surface area contributed by atoms with Crippen molar-refractivity contribution in [1.82, 2.24) is 0 Å². The van der Waals surface area contributed by atoms with E-state index in [2.05, 4.69) is 13.8 Å². The molecular weight excluding hydrogens is 440 g/mol. The van der Waals surface area contributed by atoms with Crippen molar-refractivity contribution in [3.8, 4) is 0 Å². The molecule has 1 nitrogen and oxygen atoms in total. The van der Waals surface area contributed by atoms with Crippen molar-refractivity contribution in [2.45, 2.75) is 96.5 Å². The van der Waals surface area contributed by atoms with Gasteiger partial charge in [-0.15, -0.1) is 0 Å². The Hall–Kier alpha value is -1.88. The van der Waals surface area contributed by atoms with E-state index in [0.29, 0.717) is 5.56 Å². The van der Waals surface area contributed by atoms with Crippen molar-refractivity contribution in [2.24, 2.45) is 5.92 Å². The first-order valence-corrected chi connectivity index (χ1v) is 12.9. The molecule has 2 aromatic rings. The van der Waals surface area contributed by atoms with Crippen LogP contribution in [0.3, 0.4) is 0 Å². The molecule has 1 aliphatic rings. The monoisotopic (exact) mass is 478 g/mol. The Bertz CT molecular complexity index is 903. The van der Waals surface area contributed by atoms with Crippen molar-refractivity contribution < 1.29 is 22.3 Å². The van der Waals surface area contributed by atoms with E-state index in [0.717, 1.165) is 74.5 Å². The van der Waals surface area contributed by atoms with E-state index in [1.165, 1.54) is 25.0 Å². The molecule has 0 unspecified atom stereocenters. The highest BCUT2D eigenvalue weighted by atomic mass is 19.3. The van der Waals surface area contributed by atoms with E-state index in [1.807, 2.05) is 6.07 Å². The van der Waals surface area contributed by atoms with Gasteiger partial charge in [-0.2, -0.15) is 8.78 Å². The largest absolute Gasteiger partial charge is 0.386 e. The third-order valence-electron chi connectivity index (χ3n) is 7.16. The van der Waals surface area contributed by atoms with Crippen LogP contribution in [0, 0.1) is 17.6 Å². The summed E-state index contributed by atoms with van der Waals surface area (Å²) in [7, 11) is 0. The van der Waals surface area contributed by atoms with Crippen LogP contribution in [-0.4, -0.2) is 6.61 Å². The lowest BCUT2D eigenvalue weighted by Gasteiger charge is -2.29. The zero-order valence-electron chi connectivity index (χ0n) is 20.5. The van der Waals surface area contributed by atoms with Crippen molar-refractivity contribution in [2.75, 3.05) is 6.61 Å². The molecule has 0 aromatic heterocycles. The summed E-state index contributed by atoms with van der Waals surface area (Å²) in [6.45, 7) is 3.89. The van der Waals surface area contributed by atoms with Crippen LogP contribution in [0.25, 0.3) is 0 Å². The van der Waals surface area contributed by atoms with Crippen LogP contribution in [0.2, 0.25) is 0 Å². The van der Waals surface area contributed by atoms with E-state index < -0.39 is 29.9 Å². The molecule has 1 aliphatic carbocycles. The molecular formula is C29H38F4O. The van der Waals surface area contributed by atoms with Crippen molar-refractivity contribution in [1.29, 1.82) is 0 Å². The van der Waals surface area contributed by atoms with Crippen molar-refractivity contribution in [3.63, 3.8) is 0 Å². The van der Waals surface area contributed by atoms with E-state index in [4.69, 9.17) is 4.74 Å². The Kier molecular flexibility index (Phi) is 9.99. The van der Waals surface area contributed by atoms with Crippen LogP contribution >= 0.6 is 0 Å². The average Bonchev–Trinajstić information content (AvgIpc) is 2.81. The molecule has 188 valence electrons. The Morgan fingerprint density at radius 3 is 2.26 bits per heavy atom. The number of alkyl halides is 2. The second-order valence-corrected chi connectivity index (χ2v) is 9.74. The lowest BCUT2D eigenvalue weighted by atomic mass is 9.77. The fourth-order valence-electron chi connectivity index (χ4n) is 5.11. The third kappa shape index (κ3) is 7.31. The van der Waals surface area contributed by atoms with Crippen LogP contribution in [0.1, 0.15) is 99.8 Å². The van der Waals surface area contributed by atoms with Gasteiger partial charge in [0.2, 0.25) is 0 Å². The molecule has 2 aromatic carbocycles. The summed E-state index contributed by atoms with van der Waals surface area (Å²) < 4.78 is 63.0. The zero-order valence-corrected chi connectivity index (χ0v) is 20.5. The quantitative estimate of drug-likeness (QED) is 0.218. The molecule has 0 amide bonds. The predicted octanol–water partition coefficient (Wildman–Crippen LogP) is 9.08. The summed E-state index contributed by atoms with van der Waals surface area (Å²) in [4.78, 5) is 0. The lowest BCUT2D eigenvalue weighted by Crippen LogP contribution is -2.22. The molecule has 0 radical (unpaired) electrons. The van der Waals surface area contributed by atoms with Gasteiger partial charge in [0.1, 0.15) is 11.6 Å². The van der Waals surface area contributed by atoms with Gasteiger partial charge < -0.3 is 4.74 Å². The van der Waals surface area contributed by atoms with E-state index >= 15 is 0 Å². The van der Waals surface area contributed by atoms with Gasteiger partial charge in [-0.05, 0) is 91.7 Å². The molecule has 0 heterocycles. The Morgan fingerprint density at radius 2 is 1.62 bits per heavy atom. The van der Waals surface area contributed by atoms with Gasteiger partial charge in [-0.1, -0.05) is 57.7 Å². The minimum atomic E-state index is -3.77. The van der Waals surface area contributed by atoms with E-state index in [9.17, 15) is 17.6 Å². The molecule has 0 aliphatic heterocycles. The third-order valence-corrected chi connectivity index (χ3v) is 7.16. The molecule has 3 rings (SSSR count). The van der Waals surface area contributed by atoms with Gasteiger partial charge in [0.05, 0.1) is 12.2 Å². The number of ether oxygens (including phenoxy) is 1. The molecule has 1 saturated carbocycles. The highest BCUT2D eigenvalue weighted by Crippen LogP contribution is 2.39. The number of rotatable bonds is 12. The Balaban J connectivity index is 1.55. The molecule has 34 heavy (non-hydrogen) atoms. The topological polar surface area (TPSA) is 9.23 Å². The number of halogens is 4. The van der Waals surface area contributed by atoms with Crippen LogP contribution in [0.15, 0.2) is 36.4 Å². The summed E-state index contributed by atoms with van der Waals surface area (Å²) in [6, 6.07) is 8.93. The first-order chi connectivity index (χ1) is 16.3. The van der Waals surface area contributed by atoms with E-state index in [1.54, 1.807) is 12.1 Å². The van der Waals surface area contributed by atoms with Gasteiger partial charge >= 0.3 is 6.11 Å². The smallest absolute Gasteiger partial charge is 0.316 e. The normalized spacial score (nSPS) is 18.9. The van der Waals surface area contributed by atoms with Crippen LogP contribution in [0.4, 0.5) is 17.6 Å². The molecule has 1 fully saturated rings. The van der Waals surface area contributed by atoms with Crippen LogP contribution in [0.5, 0.6) is 0 Å². The number of hydrogen-bond donors (Lipinski definition) is 0. The zero-order chi connectivity index (χ0) is 24.6. The number of unbranched alkanes of at least 4 members (excludes halogenated alkanes) is 2. The highest BCUT2D eigenvalue weighted by Gasteiger charge is 2.36. The number of hydrogen-bond acceptors (Lipinski definition) is 1. The first-order valence-electron chi connectivity index (χ1n) is 12.9. The fraction of sp³-hybridized carbons (Fsp3) is 0.586. The predicted molar refractivity (Wildman–Crippen MR) is 129 cm³/mol. The lowest BCUT2D eigenvalue weighted by molar-refractivity contribution is -0.249. The Labute approximate surface area is 201 Å². The minimum Gasteiger partial charge on any atom is -0.316 e. The van der Waals surface area contributed by atoms with Crippen LogP contribution in [-0.2, 0) is 23.7 Å². The summed E-state index contributed by atoms with van der Waals surface area (Å²) in [6.07, 6.45) is 6.76. The van der Waals surface area contributed by atoms with Gasteiger partial charge in [0.15, 0.2) is 0 Å². The van der Waals surface area contributed by atoms with Crippen molar-refractivity contribution in [3.05, 3.63) is 70.3 Å². The van der Waals surface area contributed by atoms with Gasteiger partial charge in [0, 0.05) is 0 Å². The van der Waals surface area contributed by atoms with Gasteiger partial charge in [0.25, 0.3) is 0 Å². The van der Waals surface area contributed by atoms with Gasteiger partial charge in [-0.25, -0.2) is 8.78 Å². The summed E-state index contributed by atoms with van der Waals surface area (Å²) in [5.74, 6) is -0.407. The number of benzene rings is 2. The minimum absolute atomic E-state index is 0.00261. The maximum Gasteiger partial charge on any atom is 0.386 e. The molecule has 0 N–H and O–H groups in total. The molecule has 0 saturated heterocycles. The second kappa shape index (κ2) is 12.7. The number of aryl methyl sites for hydroxylation is 1. The maximum atomic E-state index is 14.7. The standard InChI is InChI=1S/C29H38F4O/c1-3-5-6-8-22-11-14-24(27(30)19-22)17-18-34-29(32,33)26-16-15-25(20-28(26)31)23-12-9-21(7-4-2)10-13-23/h11,14-16,19-21,23H,3-10,12-13,17-18H2,1-2H3. The molecule has 0 atom stereocenters. The second-order valence-electron chi connectivity index (χ2n) is 9.74. The molecule has 0 spiro atoms. The summed E-state index contributed by atoms with van der Waals surface area (Å²) >= 11 is 0. The highest BCUT2D eigenvalue weighted by molar-refractivity contribution is 5.29. The summed E-state index contributed by atoms with van der Waals surface area (Å²) in [5, 5.41) is 0. The SMILES string of the molecule is CCCCCc1ccc(CCOC(F)(F)c2ccc(C3CCC(CCC)CC3)cc2F)c(F)c1. The van der Waals surface area contributed by atoms with E-state index in [-0.39, 0.29) is 12.3 Å². The molecule has 5 heteroatoms. The average molecular weight is 479 g/mol. The van der Waals surface area contributed by atoms with Crippen LogP contribution < -0.4 is 0 Å². The van der Waals surface area contributed by atoms with Crippen molar-refractivity contribution >= 4 is 0 Å². The Morgan fingerprint density at radius 1 is 0.853 bits per heavy atom. The van der Waals surface area contributed by atoms with Gasteiger partial charge in [-0.3, -0.25) is 0 Å². The summed E-state index contributed by atoms with van der Waals surface area (Å²) in [5.41, 5.74) is 1.25. The first kappa shape index (κ1) is 26.7. The maximum absolute atomic E-state index is 14.7. The molecule has 0 bridgehead atoms. The fourth-order valence-corrected chi connectivity index (χ4v) is 5.11.